The second kappa shape index (κ2) is 22.4. The number of para-hydroxylation sites is 1. The summed E-state index contributed by atoms with van der Waals surface area (Å²) in [6, 6.07) is 10.4. The predicted molar refractivity (Wildman–Crippen MR) is 240 cm³/mol. The lowest BCUT2D eigenvalue weighted by Crippen LogP contribution is -2.26. The quantitative estimate of drug-likeness (QED) is 0.0533. The molecule has 0 heterocycles. The molecule has 340 valence electrons. The van der Waals surface area contributed by atoms with Crippen LogP contribution in [0.25, 0.3) is 0 Å². The predicted octanol–water partition coefficient (Wildman–Crippen LogP) is 8.72. The third kappa shape index (κ3) is 16.5. The standard InChI is InChI=1S/C40H69NO12P2S4/c42-56(43,44)37-18-14-32(26-37)8-4-22-54(23-5-9-33-15-19-38(27-33)57(45,46)47)30-41(36-12-2-1-3-13-36)31-55(24-6-10-34-16-20-39(28-34)58(48,49)50)25-7-11-35-17-21-40(29-35)59(51,52)53/h1-3,12-13,32-35,37-40H,4-11,14-31H2,(H,42,43,44)(H,45,46,47)(H,48,49,50)(H,51,52,53). The Morgan fingerprint density at radius 3 is 0.949 bits per heavy atom. The largest absolute Gasteiger partial charge is 0.363 e. The van der Waals surface area contributed by atoms with Gasteiger partial charge in [0.05, 0.1) is 21.0 Å². The molecule has 0 amide bonds. The van der Waals surface area contributed by atoms with Crippen LogP contribution in [0.4, 0.5) is 5.69 Å². The maximum atomic E-state index is 11.8. The van der Waals surface area contributed by atoms with Crippen molar-refractivity contribution in [1.29, 1.82) is 0 Å². The van der Waals surface area contributed by atoms with E-state index in [0.717, 1.165) is 120 Å². The van der Waals surface area contributed by atoms with Gasteiger partial charge in [-0.3, -0.25) is 18.2 Å². The first kappa shape index (κ1) is 49.5. The first-order valence-electron chi connectivity index (χ1n) is 21.8. The van der Waals surface area contributed by atoms with Gasteiger partial charge in [0, 0.05) is 18.3 Å². The van der Waals surface area contributed by atoms with Crippen LogP contribution >= 0.6 is 15.8 Å². The summed E-state index contributed by atoms with van der Waals surface area (Å²) < 4.78 is 133. The molecule has 4 aliphatic carbocycles. The second-order valence-electron chi connectivity index (χ2n) is 18.2. The van der Waals surface area contributed by atoms with Crippen molar-refractivity contribution in [3.63, 3.8) is 0 Å². The van der Waals surface area contributed by atoms with Crippen molar-refractivity contribution in [3.05, 3.63) is 30.3 Å². The van der Waals surface area contributed by atoms with Crippen LogP contribution in [0.3, 0.4) is 0 Å². The molecule has 4 fully saturated rings. The lowest BCUT2D eigenvalue weighted by Gasteiger charge is -2.34. The van der Waals surface area contributed by atoms with E-state index in [4.69, 9.17) is 0 Å². The summed E-state index contributed by atoms with van der Waals surface area (Å²) in [7, 11) is -17.1. The van der Waals surface area contributed by atoms with Crippen LogP contribution in [0.2, 0.25) is 0 Å². The summed E-state index contributed by atoms with van der Waals surface area (Å²) in [5.74, 6) is 1.09. The third-order valence-corrected chi connectivity index (χ3v) is 24.2. The Kier molecular flexibility index (Phi) is 18.8. The lowest BCUT2D eigenvalue weighted by molar-refractivity contribution is 0.455. The molecule has 0 radical (unpaired) electrons. The summed E-state index contributed by atoms with van der Waals surface area (Å²) >= 11 is 0. The number of hydrogen-bond donors (Lipinski definition) is 4. The monoisotopic (exact) mass is 945 g/mol. The van der Waals surface area contributed by atoms with Crippen molar-refractivity contribution in [1.82, 2.24) is 0 Å². The van der Waals surface area contributed by atoms with Crippen LogP contribution in [-0.4, -0.2) is 110 Å². The highest BCUT2D eigenvalue weighted by Gasteiger charge is 2.36. The van der Waals surface area contributed by atoms with E-state index in [1.54, 1.807) is 0 Å². The topological polar surface area (TPSA) is 221 Å². The van der Waals surface area contributed by atoms with Crippen molar-refractivity contribution in [2.45, 2.75) is 149 Å². The van der Waals surface area contributed by atoms with Crippen LogP contribution in [0.5, 0.6) is 0 Å². The fraction of sp³-hybridized carbons (Fsp3) is 0.850. The highest BCUT2D eigenvalue weighted by molar-refractivity contribution is 7.87. The van der Waals surface area contributed by atoms with Crippen molar-refractivity contribution in [3.8, 4) is 0 Å². The van der Waals surface area contributed by atoms with Gasteiger partial charge in [-0.2, -0.15) is 33.7 Å². The molecule has 13 nitrogen and oxygen atoms in total. The van der Waals surface area contributed by atoms with Gasteiger partial charge in [-0.1, -0.05) is 59.7 Å². The molecule has 59 heavy (non-hydrogen) atoms. The maximum Gasteiger partial charge on any atom is 0.267 e. The summed E-state index contributed by atoms with van der Waals surface area (Å²) in [5.41, 5.74) is 1.16. The van der Waals surface area contributed by atoms with Gasteiger partial charge in [0.25, 0.3) is 40.5 Å². The minimum atomic E-state index is -4.03. The smallest absolute Gasteiger partial charge is 0.267 e. The maximum absolute atomic E-state index is 11.8. The number of benzene rings is 1. The van der Waals surface area contributed by atoms with E-state index in [9.17, 15) is 51.9 Å². The molecule has 0 aliphatic heterocycles. The molecule has 0 bridgehead atoms. The van der Waals surface area contributed by atoms with Crippen LogP contribution < -0.4 is 4.90 Å². The van der Waals surface area contributed by atoms with Gasteiger partial charge in [-0.05, 0) is 163 Å². The molecule has 4 N–H and O–H groups in total. The van der Waals surface area contributed by atoms with Crippen LogP contribution in [0.1, 0.15) is 128 Å². The Labute approximate surface area is 357 Å². The molecule has 4 aliphatic rings. The average molecular weight is 946 g/mol. The SMILES string of the molecule is O=S(=O)(O)C1CCC(CCCP(CCCC2CCC(S(=O)(=O)O)C2)CN(CP(CCCC2CCC(S(=O)(=O)O)C2)CCCC2CCC(S(=O)(=O)O)C2)c2ccccc2)C1. The summed E-state index contributed by atoms with van der Waals surface area (Å²) in [6.07, 6.45) is 20.6. The zero-order chi connectivity index (χ0) is 42.8. The summed E-state index contributed by atoms with van der Waals surface area (Å²) in [4.78, 5) is 2.55. The van der Waals surface area contributed by atoms with Gasteiger partial charge in [-0.25, -0.2) is 0 Å². The Morgan fingerprint density at radius 1 is 0.441 bits per heavy atom. The first-order chi connectivity index (χ1) is 27.7. The molecule has 0 spiro atoms. The Bertz CT molecular complexity index is 1680. The number of hydrogen-bond acceptors (Lipinski definition) is 9. The minimum absolute atomic E-state index is 0.271. The highest BCUT2D eigenvalue weighted by atomic mass is 32.2. The van der Waals surface area contributed by atoms with Crippen LogP contribution in [0, 0.1) is 23.7 Å². The van der Waals surface area contributed by atoms with Gasteiger partial charge in [0.2, 0.25) is 0 Å². The van der Waals surface area contributed by atoms with E-state index >= 15 is 0 Å². The second-order valence-corrected chi connectivity index (χ2v) is 30.1. The van der Waals surface area contributed by atoms with Gasteiger partial charge in [0.1, 0.15) is 0 Å². The van der Waals surface area contributed by atoms with E-state index in [2.05, 4.69) is 29.2 Å². The van der Waals surface area contributed by atoms with E-state index in [-0.39, 0.29) is 23.7 Å². The molecule has 19 heteroatoms. The Hall–Kier alpha value is -0.480. The van der Waals surface area contributed by atoms with Crippen molar-refractivity contribution < 1.29 is 51.9 Å². The number of nitrogens with zero attached hydrogens (tertiary/aromatic N) is 1. The zero-order valence-corrected chi connectivity index (χ0v) is 39.5. The van der Waals surface area contributed by atoms with Crippen LogP contribution in [-0.2, 0) is 40.5 Å². The molecular formula is C40H69NO12P2S4. The minimum Gasteiger partial charge on any atom is -0.363 e. The molecule has 4 saturated carbocycles. The Morgan fingerprint density at radius 2 is 0.712 bits per heavy atom. The first-order valence-corrected chi connectivity index (χ1v) is 31.6. The van der Waals surface area contributed by atoms with E-state index in [1.807, 2.05) is 6.07 Å². The van der Waals surface area contributed by atoms with Gasteiger partial charge < -0.3 is 4.90 Å². The normalized spacial score (nSPS) is 29.2. The molecule has 1 aromatic rings. The molecular weight excluding hydrogens is 877 g/mol. The molecule has 0 aromatic heterocycles. The highest BCUT2D eigenvalue weighted by Crippen LogP contribution is 2.47. The van der Waals surface area contributed by atoms with Crippen LogP contribution in [0.15, 0.2) is 30.3 Å². The average Bonchev–Trinajstić information content (AvgIpc) is 3.98. The number of rotatable bonds is 25. The fourth-order valence-corrected chi connectivity index (χ4v) is 19.5. The van der Waals surface area contributed by atoms with Crippen molar-refractivity contribution in [2.24, 2.45) is 23.7 Å². The van der Waals surface area contributed by atoms with Crippen molar-refractivity contribution >= 4 is 62.0 Å². The molecule has 5 rings (SSSR count). The molecule has 1 aromatic carbocycles. The summed E-state index contributed by atoms with van der Waals surface area (Å²) in [6.45, 7) is 0. The van der Waals surface area contributed by atoms with E-state index < -0.39 is 77.3 Å². The fourth-order valence-electron chi connectivity index (χ4n) is 10.5. The number of anilines is 1. The molecule has 8 unspecified atom stereocenters. The van der Waals surface area contributed by atoms with Gasteiger partial charge in [-0.15, -0.1) is 0 Å². The van der Waals surface area contributed by atoms with E-state index in [0.29, 0.717) is 51.4 Å². The van der Waals surface area contributed by atoms with Gasteiger partial charge in [0.15, 0.2) is 0 Å². The van der Waals surface area contributed by atoms with Crippen molar-refractivity contribution in [2.75, 3.05) is 42.1 Å². The molecule has 8 atom stereocenters. The lowest BCUT2D eigenvalue weighted by atomic mass is 10.0. The van der Waals surface area contributed by atoms with Gasteiger partial charge >= 0.3 is 0 Å². The summed E-state index contributed by atoms with van der Waals surface area (Å²) in [5, 5.41) is -2.68. The Balaban J connectivity index is 1.26. The third-order valence-electron chi connectivity index (χ3n) is 13.9. The zero-order valence-electron chi connectivity index (χ0n) is 34.4. The van der Waals surface area contributed by atoms with E-state index in [1.165, 1.54) is 0 Å². The molecule has 0 saturated heterocycles.